The number of allylic oxidation sites excluding steroid dienone is 2. The van der Waals surface area contributed by atoms with Crippen LogP contribution in [0.3, 0.4) is 0 Å². The minimum Gasteiger partial charge on any atom is -0.396 e. The fourth-order valence-corrected chi connectivity index (χ4v) is 4.05. The van der Waals surface area contributed by atoms with Gasteiger partial charge in [-0.1, -0.05) is 128 Å². The predicted molar refractivity (Wildman–Crippen MR) is 128 cm³/mol. The predicted octanol–water partition coefficient (Wildman–Crippen LogP) is 9.53. The molecule has 28 heavy (non-hydrogen) atoms. The average molecular weight is 395 g/mol. The second-order valence-corrected chi connectivity index (χ2v) is 8.89. The summed E-state index contributed by atoms with van der Waals surface area (Å²) >= 11 is 0. The van der Waals surface area contributed by atoms with Crippen LogP contribution in [0.25, 0.3) is 0 Å². The second-order valence-electron chi connectivity index (χ2n) is 8.89. The van der Waals surface area contributed by atoms with Gasteiger partial charge < -0.3 is 5.11 Å². The highest BCUT2D eigenvalue weighted by Gasteiger charge is 2.00. The highest BCUT2D eigenvalue weighted by Crippen LogP contribution is 2.20. The van der Waals surface area contributed by atoms with E-state index in [1.165, 1.54) is 128 Å². The summed E-state index contributed by atoms with van der Waals surface area (Å²) < 4.78 is 0. The first-order valence-corrected chi connectivity index (χ1v) is 13.1. The van der Waals surface area contributed by atoms with E-state index in [2.05, 4.69) is 19.9 Å². The number of hydrogen-bond donors (Lipinski definition) is 1. The van der Waals surface area contributed by atoms with Gasteiger partial charge in [-0.15, -0.1) is 0 Å². The Labute approximate surface area is 178 Å². The van der Waals surface area contributed by atoms with E-state index in [4.69, 9.17) is 5.11 Å². The third kappa shape index (κ3) is 22.0. The molecule has 0 aliphatic heterocycles. The topological polar surface area (TPSA) is 20.2 Å². The van der Waals surface area contributed by atoms with Crippen LogP contribution >= 0.6 is 0 Å². The second kappa shape index (κ2) is 24.7. The van der Waals surface area contributed by atoms with Gasteiger partial charge in [0, 0.05) is 6.61 Å². The molecule has 0 spiro atoms. The zero-order chi connectivity index (χ0) is 20.5. The van der Waals surface area contributed by atoms with Crippen molar-refractivity contribution in [1.29, 1.82) is 0 Å². The van der Waals surface area contributed by atoms with Crippen LogP contribution in [0.15, 0.2) is 11.6 Å². The Morgan fingerprint density at radius 3 is 1.21 bits per heavy atom. The maximum atomic E-state index is 9.05. The van der Waals surface area contributed by atoms with Crippen molar-refractivity contribution < 1.29 is 5.11 Å². The summed E-state index contributed by atoms with van der Waals surface area (Å²) in [6.07, 6.45) is 32.5. The Morgan fingerprint density at radius 1 is 0.500 bits per heavy atom. The molecular formula is C27H54O. The van der Waals surface area contributed by atoms with Crippen molar-refractivity contribution in [2.75, 3.05) is 6.61 Å². The van der Waals surface area contributed by atoms with Crippen molar-refractivity contribution in [3.63, 3.8) is 0 Å². The molecular weight excluding hydrogens is 340 g/mol. The molecule has 0 amide bonds. The molecule has 168 valence electrons. The van der Waals surface area contributed by atoms with E-state index < -0.39 is 0 Å². The summed E-state index contributed by atoms with van der Waals surface area (Å²) in [7, 11) is 0. The lowest BCUT2D eigenvalue weighted by Gasteiger charge is -2.09. The monoisotopic (exact) mass is 394 g/mol. The lowest BCUT2D eigenvalue weighted by atomic mass is 9.98. The van der Waals surface area contributed by atoms with Crippen LogP contribution in [-0.4, -0.2) is 11.7 Å². The molecule has 0 aromatic heterocycles. The molecule has 1 nitrogen and oxygen atoms in total. The van der Waals surface area contributed by atoms with Gasteiger partial charge in [0.15, 0.2) is 0 Å². The molecule has 0 atom stereocenters. The van der Waals surface area contributed by atoms with Crippen LogP contribution in [0.2, 0.25) is 0 Å². The zero-order valence-electron chi connectivity index (χ0n) is 19.8. The Kier molecular flexibility index (Phi) is 24.5. The molecule has 0 unspecified atom stereocenters. The summed E-state index contributed by atoms with van der Waals surface area (Å²) in [6, 6.07) is 0. The highest BCUT2D eigenvalue weighted by atomic mass is 16.2. The molecule has 0 aromatic rings. The van der Waals surface area contributed by atoms with Gasteiger partial charge in [-0.3, -0.25) is 0 Å². The zero-order valence-corrected chi connectivity index (χ0v) is 19.8. The van der Waals surface area contributed by atoms with Crippen molar-refractivity contribution in [3.8, 4) is 0 Å². The fourth-order valence-electron chi connectivity index (χ4n) is 4.05. The Morgan fingerprint density at radius 2 is 0.857 bits per heavy atom. The number of rotatable bonds is 23. The quantitative estimate of drug-likeness (QED) is 0.135. The van der Waals surface area contributed by atoms with Crippen molar-refractivity contribution in [3.05, 3.63) is 11.6 Å². The van der Waals surface area contributed by atoms with E-state index in [0.29, 0.717) is 6.61 Å². The molecule has 0 aromatic carbocycles. The highest BCUT2D eigenvalue weighted by molar-refractivity contribution is 5.01. The number of aliphatic hydroxyl groups excluding tert-OH is 1. The molecule has 1 N–H and O–H groups in total. The van der Waals surface area contributed by atoms with E-state index in [9.17, 15) is 0 Å². The maximum Gasteiger partial charge on any atom is 0.0433 e. The summed E-state index contributed by atoms with van der Waals surface area (Å²) in [6.45, 7) is 4.92. The number of unbranched alkanes of at least 4 members (excludes halogenated alkanes) is 17. The van der Waals surface area contributed by atoms with Crippen LogP contribution in [0.4, 0.5) is 0 Å². The molecule has 0 radical (unpaired) electrons. The Balaban J connectivity index is 3.69. The van der Waals surface area contributed by atoms with Gasteiger partial charge in [0.1, 0.15) is 0 Å². The van der Waals surface area contributed by atoms with Crippen molar-refractivity contribution in [2.24, 2.45) is 0 Å². The minimum atomic E-state index is 0.333. The normalized spacial score (nSPS) is 12.0. The van der Waals surface area contributed by atoms with Gasteiger partial charge in [0.25, 0.3) is 0 Å². The summed E-state index contributed by atoms with van der Waals surface area (Å²) in [4.78, 5) is 0. The summed E-state index contributed by atoms with van der Waals surface area (Å²) in [5.41, 5.74) is 1.68. The number of aliphatic hydroxyl groups is 1. The van der Waals surface area contributed by atoms with E-state index in [0.717, 1.165) is 12.8 Å². The molecule has 0 heterocycles. The van der Waals surface area contributed by atoms with Gasteiger partial charge in [-0.2, -0.15) is 0 Å². The summed E-state index contributed by atoms with van der Waals surface area (Å²) in [5.74, 6) is 0. The van der Waals surface area contributed by atoms with Gasteiger partial charge in [0.05, 0.1) is 0 Å². The largest absolute Gasteiger partial charge is 0.396 e. The van der Waals surface area contributed by atoms with Gasteiger partial charge in [0.2, 0.25) is 0 Å². The van der Waals surface area contributed by atoms with E-state index in [-0.39, 0.29) is 0 Å². The van der Waals surface area contributed by atoms with Crippen molar-refractivity contribution >= 4 is 0 Å². The van der Waals surface area contributed by atoms with Crippen LogP contribution in [0, 0.1) is 0 Å². The van der Waals surface area contributed by atoms with Crippen LogP contribution in [-0.2, 0) is 0 Å². The SMILES string of the molecule is CCCCCCCCCCCCC(=CCCCO)CCCCCCCCCC. The van der Waals surface area contributed by atoms with Crippen LogP contribution in [0.1, 0.15) is 155 Å². The standard InChI is InChI=1S/C27H54O/c1-3-5-7-9-11-13-14-16-18-20-24-27(25-21-22-26-28)23-19-17-15-12-10-8-6-4-2/h25,28H,3-24,26H2,1-2H3. The molecule has 0 saturated carbocycles. The van der Waals surface area contributed by atoms with E-state index >= 15 is 0 Å². The number of hydrogen-bond acceptors (Lipinski definition) is 1. The smallest absolute Gasteiger partial charge is 0.0433 e. The van der Waals surface area contributed by atoms with Gasteiger partial charge >= 0.3 is 0 Å². The molecule has 0 aliphatic rings. The Bertz CT molecular complexity index is 307. The fraction of sp³-hybridized carbons (Fsp3) is 0.926. The Hall–Kier alpha value is -0.300. The molecule has 0 bridgehead atoms. The minimum absolute atomic E-state index is 0.333. The van der Waals surface area contributed by atoms with Crippen molar-refractivity contribution in [2.45, 2.75) is 155 Å². The van der Waals surface area contributed by atoms with Crippen LogP contribution in [0.5, 0.6) is 0 Å². The molecule has 1 heteroatoms. The first-order valence-electron chi connectivity index (χ1n) is 13.1. The third-order valence-corrected chi connectivity index (χ3v) is 6.00. The molecule has 0 rings (SSSR count). The van der Waals surface area contributed by atoms with Crippen molar-refractivity contribution in [1.82, 2.24) is 0 Å². The van der Waals surface area contributed by atoms with E-state index in [1.807, 2.05) is 0 Å². The van der Waals surface area contributed by atoms with Crippen LogP contribution < -0.4 is 0 Å². The lowest BCUT2D eigenvalue weighted by Crippen LogP contribution is -1.90. The molecule has 0 fully saturated rings. The van der Waals surface area contributed by atoms with Gasteiger partial charge in [-0.05, 0) is 38.5 Å². The average Bonchev–Trinajstić information content (AvgIpc) is 2.71. The molecule has 0 aliphatic carbocycles. The first-order chi connectivity index (χ1) is 13.8. The first kappa shape index (κ1) is 27.7. The van der Waals surface area contributed by atoms with E-state index in [1.54, 1.807) is 5.57 Å². The summed E-state index contributed by atoms with van der Waals surface area (Å²) in [5, 5.41) is 9.05. The lowest BCUT2D eigenvalue weighted by molar-refractivity contribution is 0.289. The maximum absolute atomic E-state index is 9.05. The molecule has 0 saturated heterocycles. The van der Waals surface area contributed by atoms with Gasteiger partial charge in [-0.25, -0.2) is 0 Å². The third-order valence-electron chi connectivity index (χ3n) is 6.00.